The normalized spacial score (nSPS) is 19.7. The van der Waals surface area contributed by atoms with Gasteiger partial charge < -0.3 is 24.3 Å². The summed E-state index contributed by atoms with van der Waals surface area (Å²) in [5.74, 6) is 2.19. The Morgan fingerprint density at radius 2 is 1.32 bits per heavy atom. The van der Waals surface area contributed by atoms with Crippen molar-refractivity contribution in [3.8, 4) is 6.07 Å². The summed E-state index contributed by atoms with van der Waals surface area (Å²) in [4.78, 5) is 30.5. The highest BCUT2D eigenvalue weighted by Gasteiger charge is 2.31. The van der Waals surface area contributed by atoms with E-state index in [0.29, 0.717) is 37.6 Å². The number of anilines is 3. The van der Waals surface area contributed by atoms with Gasteiger partial charge in [0.05, 0.1) is 0 Å². The standard InChI is InChI=1S/C22H33N7O2/c1-22(2,3)31-21(30)29-14-12-27(13-15-29)19-17(16-23)18(26-8-4-5-9-26)24-20(25-19)28-10-6-7-11-28/h4-15H2,1-3H3. The van der Waals surface area contributed by atoms with Crippen molar-refractivity contribution in [1.29, 1.82) is 5.26 Å². The molecule has 1 amide bonds. The fraction of sp³-hybridized carbons (Fsp3) is 0.727. The van der Waals surface area contributed by atoms with E-state index in [4.69, 9.17) is 14.7 Å². The Bertz CT molecular complexity index is 841. The third-order valence-electron chi connectivity index (χ3n) is 6.00. The molecule has 168 valence electrons. The van der Waals surface area contributed by atoms with Gasteiger partial charge in [-0.05, 0) is 46.5 Å². The number of aromatic nitrogens is 2. The largest absolute Gasteiger partial charge is 0.444 e. The van der Waals surface area contributed by atoms with E-state index < -0.39 is 5.60 Å². The van der Waals surface area contributed by atoms with E-state index in [2.05, 4.69) is 20.8 Å². The summed E-state index contributed by atoms with van der Waals surface area (Å²) >= 11 is 0. The lowest BCUT2D eigenvalue weighted by Crippen LogP contribution is -2.50. The minimum Gasteiger partial charge on any atom is -0.444 e. The first-order valence-electron chi connectivity index (χ1n) is 11.4. The van der Waals surface area contributed by atoms with Gasteiger partial charge in [-0.15, -0.1) is 0 Å². The van der Waals surface area contributed by atoms with Crippen molar-refractivity contribution >= 4 is 23.7 Å². The molecule has 4 rings (SSSR count). The van der Waals surface area contributed by atoms with Crippen LogP contribution < -0.4 is 14.7 Å². The quantitative estimate of drug-likeness (QED) is 0.727. The summed E-state index contributed by atoms with van der Waals surface area (Å²) in [5, 5.41) is 10.0. The molecular formula is C22H33N7O2. The number of hydrogen-bond donors (Lipinski definition) is 0. The number of hydrogen-bond acceptors (Lipinski definition) is 8. The maximum atomic E-state index is 12.4. The van der Waals surface area contributed by atoms with Gasteiger partial charge in [-0.25, -0.2) is 4.79 Å². The molecule has 0 bridgehead atoms. The van der Waals surface area contributed by atoms with Crippen molar-refractivity contribution in [1.82, 2.24) is 14.9 Å². The summed E-state index contributed by atoms with van der Waals surface area (Å²) in [5.41, 5.74) is 0.0416. The van der Waals surface area contributed by atoms with E-state index in [-0.39, 0.29) is 6.09 Å². The van der Waals surface area contributed by atoms with Crippen molar-refractivity contribution in [3.05, 3.63) is 5.56 Å². The number of carbonyl (C=O) groups is 1. The van der Waals surface area contributed by atoms with Gasteiger partial charge in [-0.2, -0.15) is 15.2 Å². The van der Waals surface area contributed by atoms with Crippen LogP contribution in [-0.2, 0) is 4.74 Å². The van der Waals surface area contributed by atoms with Crippen LogP contribution in [0.4, 0.5) is 22.4 Å². The van der Waals surface area contributed by atoms with Crippen molar-refractivity contribution in [2.24, 2.45) is 0 Å². The van der Waals surface area contributed by atoms with Crippen LogP contribution in [0, 0.1) is 11.3 Å². The Morgan fingerprint density at radius 1 is 0.839 bits per heavy atom. The Morgan fingerprint density at radius 3 is 1.81 bits per heavy atom. The minimum atomic E-state index is -0.510. The maximum absolute atomic E-state index is 12.4. The second kappa shape index (κ2) is 8.77. The van der Waals surface area contributed by atoms with Crippen LogP contribution >= 0.6 is 0 Å². The molecule has 4 heterocycles. The molecule has 31 heavy (non-hydrogen) atoms. The number of amides is 1. The predicted molar refractivity (Wildman–Crippen MR) is 120 cm³/mol. The fourth-order valence-electron chi connectivity index (χ4n) is 4.40. The van der Waals surface area contributed by atoms with Crippen LogP contribution in [-0.4, -0.2) is 78.9 Å². The molecule has 0 spiro atoms. The van der Waals surface area contributed by atoms with E-state index in [1.165, 1.54) is 0 Å². The topological polar surface area (TPSA) is 88.8 Å². The third-order valence-corrected chi connectivity index (χ3v) is 6.00. The molecule has 3 aliphatic rings. The summed E-state index contributed by atoms with van der Waals surface area (Å²) in [6.45, 7) is 11.7. The van der Waals surface area contributed by atoms with Gasteiger partial charge in [0, 0.05) is 52.4 Å². The molecule has 9 heteroatoms. The molecule has 0 atom stereocenters. The van der Waals surface area contributed by atoms with Crippen LogP contribution in [0.5, 0.6) is 0 Å². The zero-order valence-corrected chi connectivity index (χ0v) is 18.9. The maximum Gasteiger partial charge on any atom is 0.410 e. The Kier molecular flexibility index (Phi) is 6.08. The molecule has 0 radical (unpaired) electrons. The Hall–Kier alpha value is -2.76. The number of ether oxygens (including phenoxy) is 1. The molecule has 0 unspecified atom stereocenters. The summed E-state index contributed by atoms with van der Waals surface area (Å²) in [7, 11) is 0. The molecule has 3 fully saturated rings. The number of carbonyl (C=O) groups excluding carboxylic acids is 1. The smallest absolute Gasteiger partial charge is 0.410 e. The second-order valence-corrected chi connectivity index (χ2v) is 9.50. The molecule has 0 N–H and O–H groups in total. The predicted octanol–water partition coefficient (Wildman–Crippen LogP) is 2.61. The van der Waals surface area contributed by atoms with Crippen LogP contribution in [0.3, 0.4) is 0 Å². The zero-order chi connectivity index (χ0) is 22.0. The monoisotopic (exact) mass is 427 g/mol. The highest BCUT2D eigenvalue weighted by molar-refractivity contribution is 5.71. The van der Waals surface area contributed by atoms with Crippen LogP contribution in [0.1, 0.15) is 52.0 Å². The lowest BCUT2D eigenvalue weighted by atomic mass is 10.2. The summed E-state index contributed by atoms with van der Waals surface area (Å²) in [6.07, 6.45) is 4.25. The van der Waals surface area contributed by atoms with Gasteiger partial charge >= 0.3 is 6.09 Å². The summed E-state index contributed by atoms with van der Waals surface area (Å²) in [6, 6.07) is 2.39. The molecule has 0 aromatic carbocycles. The first-order valence-corrected chi connectivity index (χ1v) is 11.4. The van der Waals surface area contributed by atoms with Gasteiger partial charge in [0.1, 0.15) is 17.2 Å². The lowest BCUT2D eigenvalue weighted by molar-refractivity contribution is 0.0240. The van der Waals surface area contributed by atoms with Gasteiger partial charge in [0.15, 0.2) is 11.6 Å². The molecule has 3 aliphatic heterocycles. The summed E-state index contributed by atoms with van der Waals surface area (Å²) < 4.78 is 5.51. The van der Waals surface area contributed by atoms with Crippen molar-refractivity contribution in [3.63, 3.8) is 0 Å². The van der Waals surface area contributed by atoms with E-state index >= 15 is 0 Å². The van der Waals surface area contributed by atoms with E-state index in [1.54, 1.807) is 4.90 Å². The molecule has 9 nitrogen and oxygen atoms in total. The average molecular weight is 428 g/mol. The number of piperazine rings is 1. The molecule has 0 saturated carbocycles. The molecule has 1 aromatic heterocycles. The second-order valence-electron chi connectivity index (χ2n) is 9.50. The van der Waals surface area contributed by atoms with Crippen molar-refractivity contribution < 1.29 is 9.53 Å². The van der Waals surface area contributed by atoms with Crippen LogP contribution in [0.15, 0.2) is 0 Å². The van der Waals surface area contributed by atoms with Crippen molar-refractivity contribution in [2.45, 2.75) is 52.1 Å². The number of nitrogens with zero attached hydrogens (tertiary/aromatic N) is 7. The minimum absolute atomic E-state index is 0.286. The highest BCUT2D eigenvalue weighted by atomic mass is 16.6. The first-order chi connectivity index (χ1) is 14.9. The SMILES string of the molecule is CC(C)(C)OC(=O)N1CCN(c2nc(N3CCCC3)nc(N3CCCC3)c2C#N)CC1. The fourth-order valence-corrected chi connectivity index (χ4v) is 4.40. The Balaban J connectivity index is 1.58. The van der Waals surface area contributed by atoms with Gasteiger partial charge in [-0.3, -0.25) is 0 Å². The van der Waals surface area contributed by atoms with Gasteiger partial charge in [-0.1, -0.05) is 0 Å². The molecule has 1 aromatic rings. The van der Waals surface area contributed by atoms with E-state index in [0.717, 1.165) is 63.6 Å². The number of nitriles is 1. The zero-order valence-electron chi connectivity index (χ0n) is 18.9. The molecular weight excluding hydrogens is 394 g/mol. The van der Waals surface area contributed by atoms with E-state index in [9.17, 15) is 10.1 Å². The average Bonchev–Trinajstić information content (AvgIpc) is 3.46. The third kappa shape index (κ3) is 4.78. The van der Waals surface area contributed by atoms with Gasteiger partial charge in [0.2, 0.25) is 5.95 Å². The van der Waals surface area contributed by atoms with E-state index in [1.807, 2.05) is 20.8 Å². The van der Waals surface area contributed by atoms with Gasteiger partial charge in [0.25, 0.3) is 0 Å². The van der Waals surface area contributed by atoms with Crippen molar-refractivity contribution in [2.75, 3.05) is 67.1 Å². The number of rotatable bonds is 3. The van der Waals surface area contributed by atoms with Crippen LogP contribution in [0.2, 0.25) is 0 Å². The Labute approximate surface area is 184 Å². The molecule has 3 saturated heterocycles. The molecule has 0 aliphatic carbocycles. The lowest BCUT2D eigenvalue weighted by Gasteiger charge is -2.37. The highest BCUT2D eigenvalue weighted by Crippen LogP contribution is 2.32. The van der Waals surface area contributed by atoms with Crippen LogP contribution in [0.25, 0.3) is 0 Å². The first kappa shape index (κ1) is 21.5.